The zero-order valence-corrected chi connectivity index (χ0v) is 26.6. The molecule has 6 rings (SSSR count). The molecule has 4 atom stereocenters. The average molecular weight is 699 g/mol. The van der Waals surface area contributed by atoms with Crippen LogP contribution in [0, 0.1) is 0 Å². The first-order chi connectivity index (χ1) is 22.8. The summed E-state index contributed by atoms with van der Waals surface area (Å²) in [5, 5.41) is 0.572. The first kappa shape index (κ1) is 31.7. The summed E-state index contributed by atoms with van der Waals surface area (Å²) in [4.78, 5) is 52.1. The third-order valence-electron chi connectivity index (χ3n) is 7.47. The van der Waals surface area contributed by atoms with Crippen molar-refractivity contribution in [2.24, 2.45) is 0 Å². The number of hydrogen-bond acceptors (Lipinski definition) is 9. The maximum Gasteiger partial charge on any atom is 0.338 e. The molecule has 10 nitrogen and oxygen atoms in total. The molecular weight excluding hydrogens is 670 g/mol. The van der Waals surface area contributed by atoms with Gasteiger partial charge in [0.2, 0.25) is 18.3 Å². The first-order valence-corrected chi connectivity index (χ1v) is 15.5. The summed E-state index contributed by atoms with van der Waals surface area (Å²) in [5.41, 5.74) is 1.38. The van der Waals surface area contributed by atoms with Crippen LogP contribution in [-0.4, -0.2) is 59.6 Å². The SMILES string of the molecule is CC(=O)n1cc(O[C@H]2O[C@H](COC(=O)c3ccccc3)[C@@H](OC(=O)c3ccccc3)[C@@H]2OC(=O)c2ccccc2)c2cc(Br)ccc21. The van der Waals surface area contributed by atoms with Crippen molar-refractivity contribution in [3.8, 4) is 5.75 Å². The number of halogens is 1. The lowest BCUT2D eigenvalue weighted by atomic mass is 10.1. The number of fused-ring (bicyclic) bond motifs is 1. The molecule has 47 heavy (non-hydrogen) atoms. The molecule has 0 unspecified atom stereocenters. The summed E-state index contributed by atoms with van der Waals surface area (Å²) < 4.78 is 32.2. The molecule has 1 fully saturated rings. The number of hydrogen-bond donors (Lipinski definition) is 0. The maximum absolute atomic E-state index is 13.4. The van der Waals surface area contributed by atoms with Gasteiger partial charge in [-0.05, 0) is 54.6 Å². The van der Waals surface area contributed by atoms with Crippen molar-refractivity contribution >= 4 is 50.6 Å². The molecule has 0 saturated carbocycles. The van der Waals surface area contributed by atoms with Gasteiger partial charge in [0, 0.05) is 16.8 Å². The fourth-order valence-corrected chi connectivity index (χ4v) is 5.55. The van der Waals surface area contributed by atoms with E-state index >= 15 is 0 Å². The molecule has 0 amide bonds. The molecule has 5 aromatic rings. The van der Waals surface area contributed by atoms with Crippen molar-refractivity contribution < 1.29 is 42.9 Å². The molecular formula is C36H28BrNO9. The maximum atomic E-state index is 13.4. The van der Waals surface area contributed by atoms with Crippen LogP contribution in [0.15, 0.2) is 120 Å². The Labute approximate surface area is 277 Å². The minimum atomic E-state index is -1.35. The molecule has 0 radical (unpaired) electrons. The van der Waals surface area contributed by atoms with E-state index in [1.165, 1.54) is 17.7 Å². The lowest BCUT2D eigenvalue weighted by Crippen LogP contribution is -2.43. The Kier molecular flexibility index (Phi) is 9.46. The number of nitrogens with zero attached hydrogens (tertiary/aromatic N) is 1. The van der Waals surface area contributed by atoms with Crippen molar-refractivity contribution in [2.75, 3.05) is 6.61 Å². The van der Waals surface area contributed by atoms with Gasteiger partial charge in [-0.25, -0.2) is 14.4 Å². The predicted molar refractivity (Wildman–Crippen MR) is 173 cm³/mol. The summed E-state index contributed by atoms with van der Waals surface area (Å²) in [5.74, 6) is -2.07. The standard InChI is InChI=1S/C36H28BrNO9/c1-22(39)38-20-29(27-19-26(37)17-18-28(27)38)44-36-32(47-35(42)25-15-9-4-10-16-25)31(46-34(41)24-13-7-3-8-14-24)30(45-36)21-43-33(40)23-11-5-2-6-12-23/h2-20,30-32,36H,21H2,1H3/t30-,31-,32+,36+/m1/s1. The second kappa shape index (κ2) is 14.0. The number of aromatic nitrogens is 1. The Hall–Kier alpha value is -5.26. The second-order valence-corrected chi connectivity index (χ2v) is 11.6. The predicted octanol–water partition coefficient (Wildman–Crippen LogP) is 6.48. The van der Waals surface area contributed by atoms with Gasteiger partial charge < -0.3 is 23.7 Å². The van der Waals surface area contributed by atoms with E-state index in [1.807, 2.05) is 0 Å². The highest BCUT2D eigenvalue weighted by Crippen LogP contribution is 2.36. The Bertz CT molecular complexity index is 1910. The van der Waals surface area contributed by atoms with Gasteiger partial charge in [0.1, 0.15) is 18.5 Å². The Morgan fingerprint density at radius 3 is 1.81 bits per heavy atom. The van der Waals surface area contributed by atoms with E-state index in [2.05, 4.69) is 15.9 Å². The zero-order chi connectivity index (χ0) is 32.9. The van der Waals surface area contributed by atoms with Gasteiger partial charge in [-0.15, -0.1) is 0 Å². The largest absolute Gasteiger partial charge is 0.459 e. The highest BCUT2D eigenvalue weighted by atomic mass is 79.9. The van der Waals surface area contributed by atoms with E-state index in [-0.39, 0.29) is 29.4 Å². The van der Waals surface area contributed by atoms with Crippen LogP contribution in [0.3, 0.4) is 0 Å². The molecule has 4 aromatic carbocycles. The van der Waals surface area contributed by atoms with Gasteiger partial charge in [-0.2, -0.15) is 0 Å². The monoisotopic (exact) mass is 697 g/mol. The molecule has 1 aliphatic rings. The fraction of sp³-hybridized carbons (Fsp3) is 0.167. The number of carbonyl (C=O) groups excluding carboxylic acids is 4. The van der Waals surface area contributed by atoms with E-state index in [4.69, 9.17) is 23.7 Å². The van der Waals surface area contributed by atoms with Crippen molar-refractivity contribution in [2.45, 2.75) is 31.5 Å². The fourth-order valence-electron chi connectivity index (χ4n) is 5.19. The highest BCUT2D eigenvalue weighted by Gasteiger charge is 2.52. The summed E-state index contributed by atoms with van der Waals surface area (Å²) in [6, 6.07) is 30.3. The zero-order valence-electron chi connectivity index (χ0n) is 25.0. The molecule has 1 saturated heterocycles. The normalized spacial score (nSPS) is 18.8. The van der Waals surface area contributed by atoms with Crippen LogP contribution in [0.1, 0.15) is 42.8 Å². The number of benzene rings is 4. The lowest BCUT2D eigenvalue weighted by molar-refractivity contribution is -0.119. The second-order valence-electron chi connectivity index (χ2n) is 10.6. The summed E-state index contributed by atoms with van der Waals surface area (Å²) in [6.45, 7) is 1.05. The van der Waals surface area contributed by atoms with Crippen molar-refractivity contribution in [1.82, 2.24) is 4.57 Å². The third kappa shape index (κ3) is 7.11. The lowest BCUT2D eigenvalue weighted by Gasteiger charge is -2.24. The molecule has 0 spiro atoms. The molecule has 0 aliphatic carbocycles. The first-order valence-electron chi connectivity index (χ1n) is 14.7. The van der Waals surface area contributed by atoms with Crippen LogP contribution in [0.25, 0.3) is 10.9 Å². The van der Waals surface area contributed by atoms with Crippen LogP contribution < -0.4 is 4.74 Å². The minimum Gasteiger partial charge on any atom is -0.459 e. The Balaban J connectivity index is 1.36. The Morgan fingerprint density at radius 2 is 1.26 bits per heavy atom. The summed E-state index contributed by atoms with van der Waals surface area (Å²) >= 11 is 3.46. The van der Waals surface area contributed by atoms with Crippen LogP contribution in [0.5, 0.6) is 5.75 Å². The van der Waals surface area contributed by atoms with Gasteiger partial charge in [0.05, 0.1) is 28.4 Å². The van der Waals surface area contributed by atoms with Crippen molar-refractivity contribution in [3.05, 3.63) is 137 Å². The minimum absolute atomic E-state index is 0.246. The Morgan fingerprint density at radius 1 is 0.723 bits per heavy atom. The van der Waals surface area contributed by atoms with Crippen LogP contribution in [0.2, 0.25) is 0 Å². The van der Waals surface area contributed by atoms with Gasteiger partial charge in [0.25, 0.3) is 0 Å². The van der Waals surface area contributed by atoms with E-state index in [9.17, 15) is 19.2 Å². The molecule has 1 aliphatic heterocycles. The van der Waals surface area contributed by atoms with E-state index in [0.717, 1.165) is 4.47 Å². The van der Waals surface area contributed by atoms with Gasteiger partial charge in [-0.3, -0.25) is 9.36 Å². The number of ether oxygens (including phenoxy) is 5. The third-order valence-corrected chi connectivity index (χ3v) is 7.97. The highest BCUT2D eigenvalue weighted by molar-refractivity contribution is 9.10. The van der Waals surface area contributed by atoms with E-state index in [0.29, 0.717) is 16.5 Å². The average Bonchev–Trinajstić information content (AvgIpc) is 3.61. The van der Waals surface area contributed by atoms with Crippen LogP contribution in [0.4, 0.5) is 0 Å². The van der Waals surface area contributed by atoms with E-state index < -0.39 is 42.5 Å². The number of rotatable bonds is 9. The van der Waals surface area contributed by atoms with Gasteiger partial charge in [0.15, 0.2) is 6.10 Å². The molecule has 11 heteroatoms. The molecule has 0 bridgehead atoms. The summed E-state index contributed by atoms with van der Waals surface area (Å²) in [6.07, 6.45) is -3.54. The van der Waals surface area contributed by atoms with Crippen LogP contribution in [-0.2, 0) is 18.9 Å². The number of esters is 3. The number of carbonyl (C=O) groups is 4. The van der Waals surface area contributed by atoms with Crippen molar-refractivity contribution in [1.29, 1.82) is 0 Å². The van der Waals surface area contributed by atoms with Gasteiger partial charge in [-0.1, -0.05) is 70.5 Å². The topological polar surface area (TPSA) is 119 Å². The van der Waals surface area contributed by atoms with Gasteiger partial charge >= 0.3 is 17.9 Å². The van der Waals surface area contributed by atoms with E-state index in [1.54, 1.807) is 109 Å². The van der Waals surface area contributed by atoms with Crippen molar-refractivity contribution in [3.63, 3.8) is 0 Å². The van der Waals surface area contributed by atoms with Crippen LogP contribution >= 0.6 is 15.9 Å². The molecule has 1 aromatic heterocycles. The quantitative estimate of drug-likeness (QED) is 0.126. The molecule has 2 heterocycles. The molecule has 0 N–H and O–H groups in total. The molecule has 238 valence electrons. The smallest absolute Gasteiger partial charge is 0.338 e. The summed E-state index contributed by atoms with van der Waals surface area (Å²) in [7, 11) is 0.